The van der Waals surface area contributed by atoms with Crippen molar-refractivity contribution in [2.75, 3.05) is 6.61 Å². The molecule has 2 rings (SSSR count). The number of rotatable bonds is 9. The summed E-state index contributed by atoms with van der Waals surface area (Å²) in [5.74, 6) is 1.46. The van der Waals surface area contributed by atoms with Crippen molar-refractivity contribution >= 4 is 8.07 Å². The van der Waals surface area contributed by atoms with Gasteiger partial charge >= 0.3 is 6.18 Å². The first-order valence-corrected chi connectivity index (χ1v) is 12.6. The van der Waals surface area contributed by atoms with Crippen LogP contribution in [-0.2, 0) is 0 Å². The molecule has 0 saturated carbocycles. The van der Waals surface area contributed by atoms with Gasteiger partial charge in [0.05, 0.1) is 6.61 Å². The Morgan fingerprint density at radius 3 is 2.19 bits per heavy atom. The second kappa shape index (κ2) is 9.35. The van der Waals surface area contributed by atoms with Crippen molar-refractivity contribution in [3.63, 3.8) is 0 Å². The van der Waals surface area contributed by atoms with Gasteiger partial charge in [-0.15, -0.1) is 0 Å². The second-order valence-corrected chi connectivity index (χ2v) is 13.0. The average Bonchev–Trinajstić information content (AvgIpc) is 2.61. The molecular weight excluding hydrogens is 369 g/mol. The Hall–Kier alpha value is -1.89. The Kier molecular flexibility index (Phi) is 7.41. The third-order valence-corrected chi connectivity index (χ3v) is 7.81. The fourth-order valence-electron chi connectivity index (χ4n) is 2.74. The van der Waals surface area contributed by atoms with E-state index in [1.807, 2.05) is 44.3 Å². The van der Waals surface area contributed by atoms with Gasteiger partial charge in [0.2, 0.25) is 0 Å². The highest BCUT2D eigenvalue weighted by Gasteiger charge is 2.31. The summed E-state index contributed by atoms with van der Waals surface area (Å²) in [5, 5.41) is 0. The number of hydrogen-bond donors (Lipinski definition) is 0. The molecule has 1 heterocycles. The highest BCUT2D eigenvalue weighted by atomic mass is 28.3. The number of hydrogen-bond acceptors (Lipinski definition) is 3. The zero-order chi connectivity index (χ0) is 19.9. The van der Waals surface area contributed by atoms with Crippen molar-refractivity contribution in [1.29, 1.82) is 0 Å². The number of benzene rings is 1. The van der Waals surface area contributed by atoms with E-state index >= 15 is 0 Å². The van der Waals surface area contributed by atoms with Gasteiger partial charge in [0.25, 0.3) is 0 Å². The van der Waals surface area contributed by atoms with E-state index in [9.17, 15) is 13.2 Å². The minimum atomic E-state index is -4.04. The summed E-state index contributed by atoms with van der Waals surface area (Å²) in [6, 6.07) is 8.83. The molecule has 2 aromatic rings. The molecule has 0 fully saturated rings. The number of nitrogens with zero attached hydrogens (tertiary/aromatic N) is 2. The van der Waals surface area contributed by atoms with Gasteiger partial charge in [0, 0.05) is 32.5 Å². The van der Waals surface area contributed by atoms with Crippen LogP contribution in [0.5, 0.6) is 5.75 Å². The maximum atomic E-state index is 12.4. The molecule has 7 heteroatoms. The minimum absolute atomic E-state index is 0.305. The monoisotopic (exact) mass is 396 g/mol. The predicted octanol–water partition coefficient (Wildman–Crippen LogP) is 6.27. The van der Waals surface area contributed by atoms with E-state index < -0.39 is 20.7 Å². The standard InChI is InChI=1S/C20H27F3N2OSi/c1-16-14-24-19(25-15-16)17-6-8-18(9-7-17)26-11-4-5-12-27(2,3)13-10-20(21,22)23/h6-9,14-15H,4-5,10-13H2,1-3H3. The number of halogens is 3. The molecule has 3 nitrogen and oxygen atoms in total. The van der Waals surface area contributed by atoms with Crippen LogP contribution in [0.1, 0.15) is 24.8 Å². The van der Waals surface area contributed by atoms with E-state index in [0.29, 0.717) is 18.5 Å². The summed E-state index contributed by atoms with van der Waals surface area (Å²) >= 11 is 0. The van der Waals surface area contributed by atoms with Crippen LogP contribution >= 0.6 is 0 Å². The lowest BCUT2D eigenvalue weighted by atomic mass is 10.2. The van der Waals surface area contributed by atoms with Crippen molar-refractivity contribution in [3.05, 3.63) is 42.2 Å². The molecule has 0 aliphatic rings. The molecule has 0 unspecified atom stereocenters. The minimum Gasteiger partial charge on any atom is -0.494 e. The molecule has 148 valence electrons. The van der Waals surface area contributed by atoms with Gasteiger partial charge in [0.1, 0.15) is 5.75 Å². The number of alkyl halides is 3. The largest absolute Gasteiger partial charge is 0.494 e. The molecule has 0 spiro atoms. The van der Waals surface area contributed by atoms with Gasteiger partial charge in [-0.05, 0) is 49.2 Å². The molecular formula is C20H27F3N2OSi. The molecule has 0 saturated heterocycles. The number of aryl methyl sites for hydroxylation is 1. The van der Waals surface area contributed by atoms with Crippen LogP contribution in [0, 0.1) is 6.92 Å². The third kappa shape index (κ3) is 8.11. The first-order valence-electron chi connectivity index (χ1n) is 9.23. The van der Waals surface area contributed by atoms with E-state index in [-0.39, 0.29) is 0 Å². The van der Waals surface area contributed by atoms with Crippen LogP contribution in [0.15, 0.2) is 36.7 Å². The Balaban J connectivity index is 1.70. The van der Waals surface area contributed by atoms with E-state index in [2.05, 4.69) is 9.97 Å². The lowest BCUT2D eigenvalue weighted by molar-refractivity contribution is -0.130. The van der Waals surface area contributed by atoms with Crippen LogP contribution in [0.25, 0.3) is 11.4 Å². The van der Waals surface area contributed by atoms with Gasteiger partial charge in [-0.3, -0.25) is 0 Å². The SMILES string of the molecule is Cc1cnc(-c2ccc(OCCCC[Si](C)(C)CCC(F)(F)F)cc2)nc1. The molecule has 0 atom stereocenters. The first kappa shape index (κ1) is 21.4. The molecule has 1 aromatic heterocycles. The van der Waals surface area contributed by atoms with Gasteiger partial charge < -0.3 is 4.74 Å². The van der Waals surface area contributed by atoms with E-state index in [1.54, 1.807) is 12.4 Å². The van der Waals surface area contributed by atoms with E-state index in [4.69, 9.17) is 4.74 Å². The highest BCUT2D eigenvalue weighted by molar-refractivity contribution is 6.77. The maximum absolute atomic E-state index is 12.4. The van der Waals surface area contributed by atoms with Crippen LogP contribution in [0.3, 0.4) is 0 Å². The lowest BCUT2D eigenvalue weighted by Crippen LogP contribution is -2.27. The van der Waals surface area contributed by atoms with Gasteiger partial charge in [-0.2, -0.15) is 13.2 Å². The van der Waals surface area contributed by atoms with Gasteiger partial charge in [-0.25, -0.2) is 9.97 Å². The predicted molar refractivity (Wildman–Crippen MR) is 105 cm³/mol. The van der Waals surface area contributed by atoms with Gasteiger partial charge in [-0.1, -0.05) is 25.6 Å². The average molecular weight is 397 g/mol. The van der Waals surface area contributed by atoms with Crippen molar-refractivity contribution < 1.29 is 17.9 Å². The molecule has 27 heavy (non-hydrogen) atoms. The summed E-state index contributed by atoms with van der Waals surface area (Å²) in [5.41, 5.74) is 1.95. The van der Waals surface area contributed by atoms with E-state index in [0.717, 1.165) is 35.8 Å². The summed E-state index contributed by atoms with van der Waals surface area (Å²) in [6.07, 6.45) is 0.638. The number of aromatic nitrogens is 2. The first-order chi connectivity index (χ1) is 12.6. The van der Waals surface area contributed by atoms with Crippen LogP contribution in [-0.4, -0.2) is 30.8 Å². The normalized spacial score (nSPS) is 12.2. The third-order valence-electron chi connectivity index (χ3n) is 4.50. The summed E-state index contributed by atoms with van der Waals surface area (Å²) in [7, 11) is -1.78. The molecule has 0 bridgehead atoms. The summed E-state index contributed by atoms with van der Waals surface area (Å²) < 4.78 is 42.8. The molecule has 0 N–H and O–H groups in total. The van der Waals surface area contributed by atoms with Crippen LogP contribution in [0.2, 0.25) is 25.2 Å². The molecule has 1 aromatic carbocycles. The smallest absolute Gasteiger partial charge is 0.388 e. The van der Waals surface area contributed by atoms with Crippen molar-refractivity contribution in [2.24, 2.45) is 0 Å². The highest BCUT2D eigenvalue weighted by Crippen LogP contribution is 2.29. The fraction of sp³-hybridized carbons (Fsp3) is 0.500. The zero-order valence-electron chi connectivity index (χ0n) is 16.1. The van der Waals surface area contributed by atoms with Crippen molar-refractivity contribution in [3.8, 4) is 17.1 Å². The summed E-state index contributed by atoms with van der Waals surface area (Å²) in [6.45, 7) is 6.59. The number of unbranched alkanes of at least 4 members (excludes halogenated alkanes) is 1. The lowest BCUT2D eigenvalue weighted by Gasteiger charge is -2.23. The molecule has 0 amide bonds. The maximum Gasteiger partial charge on any atom is 0.388 e. The van der Waals surface area contributed by atoms with Gasteiger partial charge in [0.15, 0.2) is 5.82 Å². The number of ether oxygens (including phenoxy) is 1. The molecule has 0 aliphatic heterocycles. The quantitative estimate of drug-likeness (QED) is 0.370. The van der Waals surface area contributed by atoms with Crippen LogP contribution in [0.4, 0.5) is 13.2 Å². The fourth-order valence-corrected chi connectivity index (χ4v) is 5.16. The Morgan fingerprint density at radius 2 is 1.59 bits per heavy atom. The van der Waals surface area contributed by atoms with Crippen LogP contribution < -0.4 is 4.74 Å². The van der Waals surface area contributed by atoms with Crippen molar-refractivity contribution in [1.82, 2.24) is 9.97 Å². The van der Waals surface area contributed by atoms with Crippen molar-refractivity contribution in [2.45, 2.75) is 57.5 Å². The van der Waals surface area contributed by atoms with E-state index in [1.165, 1.54) is 0 Å². The molecule has 0 aliphatic carbocycles. The zero-order valence-corrected chi connectivity index (χ0v) is 17.1. The Labute approximate surface area is 160 Å². The second-order valence-electron chi connectivity index (χ2n) is 7.69. The topological polar surface area (TPSA) is 35.0 Å². The Bertz CT molecular complexity index is 701. The Morgan fingerprint density at radius 1 is 0.963 bits per heavy atom. The molecule has 0 radical (unpaired) electrons. The summed E-state index contributed by atoms with van der Waals surface area (Å²) in [4.78, 5) is 8.60.